The molecule has 2 rings (SSSR count). The third-order valence-corrected chi connectivity index (χ3v) is 2.45. The van der Waals surface area contributed by atoms with Crippen LogP contribution in [-0.4, -0.2) is 19.0 Å². The first-order valence-corrected chi connectivity index (χ1v) is 5.04. The Kier molecular flexibility index (Phi) is 2.64. The molecule has 1 aliphatic heterocycles. The van der Waals surface area contributed by atoms with Crippen molar-refractivity contribution in [3.63, 3.8) is 0 Å². The van der Waals surface area contributed by atoms with Gasteiger partial charge in [-0.2, -0.15) is 0 Å². The zero-order valence-corrected chi connectivity index (χ0v) is 8.75. The molecular formula is C10H10BrNO. The molecule has 68 valence electrons. The maximum Gasteiger partial charge on any atom is 0.187 e. The van der Waals surface area contributed by atoms with Crippen molar-refractivity contribution < 1.29 is 4.74 Å². The van der Waals surface area contributed by atoms with Gasteiger partial charge in [0, 0.05) is 10.9 Å². The van der Waals surface area contributed by atoms with E-state index in [0.29, 0.717) is 0 Å². The van der Waals surface area contributed by atoms with E-state index in [-0.39, 0.29) is 0 Å². The Morgan fingerprint density at radius 1 is 1.31 bits per heavy atom. The van der Waals surface area contributed by atoms with Crippen LogP contribution >= 0.6 is 15.9 Å². The summed E-state index contributed by atoms with van der Waals surface area (Å²) < 4.78 is 6.43. The van der Waals surface area contributed by atoms with Crippen molar-refractivity contribution in [2.45, 2.75) is 6.42 Å². The molecule has 0 saturated carbocycles. The van der Waals surface area contributed by atoms with Gasteiger partial charge in [-0.15, -0.1) is 0 Å². The number of rotatable bonds is 2. The van der Waals surface area contributed by atoms with E-state index in [9.17, 15) is 0 Å². The third-order valence-electron chi connectivity index (χ3n) is 1.92. The van der Waals surface area contributed by atoms with E-state index in [1.165, 1.54) is 5.56 Å². The number of hydrogen-bond donors (Lipinski definition) is 0. The summed E-state index contributed by atoms with van der Waals surface area (Å²) in [5.41, 5.74) is 1.24. The van der Waals surface area contributed by atoms with E-state index in [2.05, 4.69) is 33.1 Å². The van der Waals surface area contributed by atoms with Crippen molar-refractivity contribution in [1.29, 1.82) is 0 Å². The Bertz CT molecular complexity index is 318. The molecule has 0 saturated heterocycles. The van der Waals surface area contributed by atoms with Gasteiger partial charge in [-0.3, -0.25) is 4.99 Å². The van der Waals surface area contributed by atoms with E-state index < -0.39 is 0 Å². The Morgan fingerprint density at radius 3 is 2.69 bits per heavy atom. The van der Waals surface area contributed by atoms with Crippen LogP contribution in [0.3, 0.4) is 0 Å². The van der Waals surface area contributed by atoms with Crippen LogP contribution in [0.1, 0.15) is 5.56 Å². The highest BCUT2D eigenvalue weighted by molar-refractivity contribution is 9.10. The molecule has 0 amide bonds. The second-order valence-electron chi connectivity index (χ2n) is 2.93. The molecule has 1 aromatic rings. The molecule has 0 bridgehead atoms. The first-order chi connectivity index (χ1) is 6.34. The average molecular weight is 240 g/mol. The minimum absolute atomic E-state index is 0.742. The zero-order valence-electron chi connectivity index (χ0n) is 7.16. The van der Waals surface area contributed by atoms with Crippen LogP contribution < -0.4 is 0 Å². The topological polar surface area (TPSA) is 21.6 Å². The zero-order chi connectivity index (χ0) is 9.10. The molecule has 0 aromatic heterocycles. The summed E-state index contributed by atoms with van der Waals surface area (Å²) in [5.74, 6) is 0.863. The predicted molar refractivity (Wildman–Crippen MR) is 56.1 cm³/mol. The van der Waals surface area contributed by atoms with Gasteiger partial charge in [-0.1, -0.05) is 28.1 Å². The van der Waals surface area contributed by atoms with Crippen molar-refractivity contribution in [3.05, 3.63) is 34.3 Å². The molecule has 2 nitrogen and oxygen atoms in total. The molecule has 1 heterocycles. The van der Waals surface area contributed by atoms with Crippen molar-refractivity contribution in [3.8, 4) is 0 Å². The quantitative estimate of drug-likeness (QED) is 0.777. The Labute approximate surface area is 85.8 Å². The minimum Gasteiger partial charge on any atom is -0.479 e. The molecule has 0 atom stereocenters. The summed E-state index contributed by atoms with van der Waals surface area (Å²) in [6.45, 7) is 1.55. The summed E-state index contributed by atoms with van der Waals surface area (Å²) >= 11 is 3.40. The summed E-state index contributed by atoms with van der Waals surface area (Å²) in [6.07, 6.45) is 0.813. The van der Waals surface area contributed by atoms with Gasteiger partial charge in [0.15, 0.2) is 5.90 Å². The van der Waals surface area contributed by atoms with Crippen LogP contribution in [0.4, 0.5) is 0 Å². The van der Waals surface area contributed by atoms with Gasteiger partial charge in [0.1, 0.15) is 6.61 Å². The molecule has 0 radical (unpaired) electrons. The van der Waals surface area contributed by atoms with Gasteiger partial charge >= 0.3 is 0 Å². The average Bonchev–Trinajstić information content (AvgIpc) is 2.62. The molecule has 0 spiro atoms. The molecule has 1 aliphatic rings. The van der Waals surface area contributed by atoms with Gasteiger partial charge in [0.25, 0.3) is 0 Å². The first-order valence-electron chi connectivity index (χ1n) is 4.25. The highest BCUT2D eigenvalue weighted by Crippen LogP contribution is 2.12. The highest BCUT2D eigenvalue weighted by Gasteiger charge is 2.07. The fourth-order valence-corrected chi connectivity index (χ4v) is 1.53. The molecule has 1 aromatic carbocycles. The van der Waals surface area contributed by atoms with Gasteiger partial charge in [-0.05, 0) is 17.7 Å². The van der Waals surface area contributed by atoms with Crippen LogP contribution in [0.5, 0.6) is 0 Å². The van der Waals surface area contributed by atoms with E-state index in [1.807, 2.05) is 12.1 Å². The second kappa shape index (κ2) is 3.92. The molecule has 0 unspecified atom stereocenters. The maximum absolute atomic E-state index is 5.33. The van der Waals surface area contributed by atoms with Gasteiger partial charge < -0.3 is 4.74 Å². The molecule has 13 heavy (non-hydrogen) atoms. The lowest BCUT2D eigenvalue weighted by molar-refractivity contribution is 0.341. The van der Waals surface area contributed by atoms with Crippen LogP contribution in [0.2, 0.25) is 0 Å². The van der Waals surface area contributed by atoms with E-state index in [0.717, 1.165) is 29.9 Å². The fraction of sp³-hybridized carbons (Fsp3) is 0.300. The summed E-state index contributed by atoms with van der Waals surface area (Å²) in [6, 6.07) is 8.22. The molecule has 0 N–H and O–H groups in total. The van der Waals surface area contributed by atoms with E-state index in [4.69, 9.17) is 4.74 Å². The van der Waals surface area contributed by atoms with Crippen LogP contribution in [0, 0.1) is 0 Å². The van der Waals surface area contributed by atoms with Crippen LogP contribution in [-0.2, 0) is 11.2 Å². The predicted octanol–water partition coefficient (Wildman–Crippen LogP) is 2.42. The van der Waals surface area contributed by atoms with Crippen molar-refractivity contribution in [1.82, 2.24) is 0 Å². The number of ether oxygens (including phenoxy) is 1. The Balaban J connectivity index is 2.05. The van der Waals surface area contributed by atoms with Crippen molar-refractivity contribution >= 4 is 21.8 Å². The standard InChI is InChI=1S/C10H10BrNO/c11-9-3-1-8(2-4-9)7-10-12-5-6-13-10/h1-4H,5-7H2. The Morgan fingerprint density at radius 2 is 2.08 bits per heavy atom. The van der Waals surface area contributed by atoms with Crippen LogP contribution in [0.25, 0.3) is 0 Å². The largest absolute Gasteiger partial charge is 0.479 e. The highest BCUT2D eigenvalue weighted by atomic mass is 79.9. The second-order valence-corrected chi connectivity index (χ2v) is 3.84. The molecule has 0 aliphatic carbocycles. The van der Waals surface area contributed by atoms with Crippen LogP contribution in [0.15, 0.2) is 33.7 Å². The third kappa shape index (κ3) is 2.31. The lowest BCUT2D eigenvalue weighted by atomic mass is 10.1. The number of benzene rings is 1. The number of hydrogen-bond acceptors (Lipinski definition) is 2. The normalized spacial score (nSPS) is 15.3. The number of halogens is 1. The monoisotopic (exact) mass is 239 g/mol. The fourth-order valence-electron chi connectivity index (χ4n) is 1.26. The smallest absolute Gasteiger partial charge is 0.187 e. The minimum atomic E-state index is 0.742. The number of aliphatic imine (C=N–C) groups is 1. The first kappa shape index (κ1) is 8.75. The molecule has 3 heteroatoms. The Hall–Kier alpha value is -0.830. The number of nitrogens with zero attached hydrogens (tertiary/aromatic N) is 1. The van der Waals surface area contributed by atoms with E-state index >= 15 is 0 Å². The summed E-state index contributed by atoms with van der Waals surface area (Å²) in [4.78, 5) is 4.24. The van der Waals surface area contributed by atoms with E-state index in [1.54, 1.807) is 0 Å². The van der Waals surface area contributed by atoms with Crippen molar-refractivity contribution in [2.75, 3.05) is 13.2 Å². The molecular weight excluding hydrogens is 230 g/mol. The van der Waals surface area contributed by atoms with Crippen molar-refractivity contribution in [2.24, 2.45) is 4.99 Å². The SMILES string of the molecule is Brc1ccc(CC2=NCCO2)cc1. The lowest BCUT2D eigenvalue weighted by Crippen LogP contribution is -2.02. The van der Waals surface area contributed by atoms with Gasteiger partial charge in [0.2, 0.25) is 0 Å². The maximum atomic E-state index is 5.33. The lowest BCUT2D eigenvalue weighted by Gasteiger charge is -2.01. The summed E-state index contributed by atoms with van der Waals surface area (Å²) in [7, 11) is 0. The molecule has 0 fully saturated rings. The van der Waals surface area contributed by atoms with Gasteiger partial charge in [0.05, 0.1) is 6.54 Å². The van der Waals surface area contributed by atoms with Gasteiger partial charge in [-0.25, -0.2) is 0 Å². The summed E-state index contributed by atoms with van der Waals surface area (Å²) in [5, 5.41) is 0.